The number of rotatable bonds is 1. The van der Waals surface area contributed by atoms with Crippen LogP contribution in [0.25, 0.3) is 0 Å². The molecule has 1 nitrogen and oxygen atoms in total. The summed E-state index contributed by atoms with van der Waals surface area (Å²) in [6.07, 6.45) is 0. The van der Waals surface area contributed by atoms with Gasteiger partial charge in [-0.25, -0.2) is 0 Å². The quantitative estimate of drug-likeness (QED) is 0.246. The first-order chi connectivity index (χ1) is 15.7. The van der Waals surface area contributed by atoms with E-state index in [4.69, 9.17) is 0 Å². The molecule has 160 valence electrons. The van der Waals surface area contributed by atoms with Crippen molar-refractivity contribution in [2.24, 2.45) is 0 Å². The molecule has 0 amide bonds. The zero-order chi connectivity index (χ0) is 21.8. The molecule has 6 rings (SSSR count). The summed E-state index contributed by atoms with van der Waals surface area (Å²) in [4.78, 5) is 0. The molecule has 0 aliphatic carbocycles. The van der Waals surface area contributed by atoms with Crippen LogP contribution in [0.3, 0.4) is 0 Å². The van der Waals surface area contributed by atoms with Gasteiger partial charge >= 0.3 is 204 Å². The second-order valence-corrected chi connectivity index (χ2v) is 14.8. The molecule has 0 saturated heterocycles. The third kappa shape index (κ3) is 4.47. The first-order valence-corrected chi connectivity index (χ1v) is 17.4. The second kappa shape index (κ2) is 9.96. The van der Waals surface area contributed by atoms with Crippen molar-refractivity contribution in [3.05, 3.63) is 125 Å². The SMILES string of the molecule is O=P1(c2ccccc2)c2ccccc2C[Se]Cc2ccc(cc2)C[Se]Cc2ccccc21. The summed E-state index contributed by atoms with van der Waals surface area (Å²) in [5.74, 6) is 0. The summed E-state index contributed by atoms with van der Waals surface area (Å²) in [5.41, 5.74) is 5.32. The monoisotopic (exact) mass is 568 g/mol. The van der Waals surface area contributed by atoms with Crippen LogP contribution in [-0.4, -0.2) is 29.9 Å². The van der Waals surface area contributed by atoms with Crippen molar-refractivity contribution in [2.75, 3.05) is 0 Å². The Bertz CT molecular complexity index is 1180. The Balaban J connectivity index is 1.70. The summed E-state index contributed by atoms with van der Waals surface area (Å²) in [6.45, 7) is 0. The Morgan fingerprint density at radius 1 is 0.500 bits per heavy atom. The van der Waals surface area contributed by atoms with Gasteiger partial charge in [0.1, 0.15) is 0 Å². The normalized spacial score (nSPS) is 15.8. The predicted octanol–water partition coefficient (Wildman–Crippen LogP) is 4.45. The average molecular weight is 566 g/mol. The van der Waals surface area contributed by atoms with Gasteiger partial charge in [-0.1, -0.05) is 0 Å². The number of hydrogen-bond acceptors (Lipinski definition) is 1. The van der Waals surface area contributed by atoms with E-state index >= 15 is 4.57 Å². The fourth-order valence-corrected chi connectivity index (χ4v) is 12.0. The Labute approximate surface area is 203 Å². The van der Waals surface area contributed by atoms with Gasteiger partial charge < -0.3 is 0 Å². The molecule has 0 aromatic heterocycles. The molecule has 32 heavy (non-hydrogen) atoms. The van der Waals surface area contributed by atoms with Crippen molar-refractivity contribution in [3.8, 4) is 0 Å². The minimum atomic E-state index is -2.97. The van der Waals surface area contributed by atoms with Crippen LogP contribution in [0.15, 0.2) is 103 Å². The molecule has 2 aliphatic rings. The molecular formula is C28H25OPSe2. The molecular weight excluding hydrogens is 541 g/mol. The van der Waals surface area contributed by atoms with E-state index in [2.05, 4.69) is 84.9 Å². The van der Waals surface area contributed by atoms with Gasteiger partial charge in [0.05, 0.1) is 0 Å². The van der Waals surface area contributed by atoms with Crippen LogP contribution in [0.1, 0.15) is 22.3 Å². The van der Waals surface area contributed by atoms with Gasteiger partial charge in [-0.3, -0.25) is 0 Å². The van der Waals surface area contributed by atoms with Gasteiger partial charge in [0, 0.05) is 0 Å². The third-order valence-electron chi connectivity index (χ3n) is 5.86. The summed E-state index contributed by atoms with van der Waals surface area (Å²) in [7, 11) is -2.97. The first-order valence-electron chi connectivity index (χ1n) is 10.8. The van der Waals surface area contributed by atoms with Crippen LogP contribution >= 0.6 is 7.14 Å². The Hall–Kier alpha value is -1.85. The summed E-state index contributed by atoms with van der Waals surface area (Å²) >= 11 is 0.839. The van der Waals surface area contributed by atoms with Gasteiger partial charge in [-0.15, -0.1) is 0 Å². The summed E-state index contributed by atoms with van der Waals surface area (Å²) in [6, 6.07) is 36.3. The average Bonchev–Trinajstić information content (AvgIpc) is 2.86. The van der Waals surface area contributed by atoms with E-state index < -0.39 is 7.14 Å². The molecule has 4 aromatic rings. The third-order valence-corrected chi connectivity index (χ3v) is 13.5. The van der Waals surface area contributed by atoms with Gasteiger partial charge in [0.2, 0.25) is 0 Å². The van der Waals surface area contributed by atoms with E-state index in [1.165, 1.54) is 22.3 Å². The predicted molar refractivity (Wildman–Crippen MR) is 139 cm³/mol. The Kier molecular flexibility index (Phi) is 6.84. The molecule has 0 spiro atoms. The van der Waals surface area contributed by atoms with Crippen molar-refractivity contribution in [1.82, 2.24) is 0 Å². The zero-order valence-electron chi connectivity index (χ0n) is 17.8. The molecule has 0 atom stereocenters. The summed E-state index contributed by atoms with van der Waals surface area (Å²) < 4.78 is 15.3. The van der Waals surface area contributed by atoms with E-state index in [0.717, 1.165) is 37.2 Å². The van der Waals surface area contributed by atoms with Gasteiger partial charge in [0.25, 0.3) is 0 Å². The van der Waals surface area contributed by atoms with Crippen molar-refractivity contribution in [1.29, 1.82) is 0 Å². The molecule has 0 N–H and O–H groups in total. The van der Waals surface area contributed by atoms with Crippen LogP contribution < -0.4 is 15.9 Å². The van der Waals surface area contributed by atoms with E-state index in [0.29, 0.717) is 29.9 Å². The molecule has 2 aliphatic heterocycles. The van der Waals surface area contributed by atoms with Crippen LogP contribution in [0, 0.1) is 0 Å². The fourth-order valence-electron chi connectivity index (χ4n) is 4.22. The number of hydrogen-bond donors (Lipinski definition) is 0. The number of fused-ring (bicyclic) bond motifs is 6. The summed E-state index contributed by atoms with van der Waals surface area (Å²) in [5, 5.41) is 7.20. The van der Waals surface area contributed by atoms with Crippen LogP contribution in [0.2, 0.25) is 0 Å². The standard InChI is InChI=1S/C28H25OPSe2/c29-30(26-10-2-1-3-11-26)27-12-6-4-8-24(27)20-31-18-22-14-16-23(17-15-22)19-32-21-25-9-5-7-13-28(25)30/h1-17H,18-21H2. The maximum absolute atomic E-state index is 15.3. The van der Waals surface area contributed by atoms with Crippen LogP contribution in [0.4, 0.5) is 0 Å². The van der Waals surface area contributed by atoms with Crippen LogP contribution in [-0.2, 0) is 25.8 Å². The molecule has 4 aromatic carbocycles. The first kappa shape index (κ1) is 22.0. The van der Waals surface area contributed by atoms with Gasteiger partial charge in [-0.05, 0) is 0 Å². The Morgan fingerprint density at radius 3 is 1.44 bits per heavy atom. The molecule has 4 heteroatoms. The fraction of sp³-hybridized carbons (Fsp3) is 0.143. The van der Waals surface area contributed by atoms with E-state index in [1.54, 1.807) is 0 Å². The molecule has 2 heterocycles. The molecule has 0 fully saturated rings. The van der Waals surface area contributed by atoms with Crippen molar-refractivity contribution < 1.29 is 4.57 Å². The van der Waals surface area contributed by atoms with Crippen molar-refractivity contribution >= 4 is 53.0 Å². The minimum absolute atomic E-state index is 0.419. The van der Waals surface area contributed by atoms with E-state index in [1.807, 2.05) is 18.2 Å². The molecule has 0 unspecified atom stereocenters. The Morgan fingerprint density at radius 2 is 0.938 bits per heavy atom. The topological polar surface area (TPSA) is 17.1 Å². The molecule has 0 radical (unpaired) electrons. The maximum atomic E-state index is 15.3. The van der Waals surface area contributed by atoms with Crippen LogP contribution in [0.5, 0.6) is 0 Å². The molecule has 0 saturated carbocycles. The second-order valence-electron chi connectivity index (χ2n) is 8.00. The van der Waals surface area contributed by atoms with Gasteiger partial charge in [-0.2, -0.15) is 0 Å². The van der Waals surface area contributed by atoms with Gasteiger partial charge in [0.15, 0.2) is 0 Å². The van der Waals surface area contributed by atoms with Crippen molar-refractivity contribution in [2.45, 2.75) is 21.3 Å². The zero-order valence-corrected chi connectivity index (χ0v) is 22.1. The number of benzene rings is 4. The van der Waals surface area contributed by atoms with E-state index in [-0.39, 0.29) is 0 Å². The van der Waals surface area contributed by atoms with Crippen molar-refractivity contribution in [3.63, 3.8) is 0 Å². The molecule has 2 bridgehead atoms. The van der Waals surface area contributed by atoms with E-state index in [9.17, 15) is 0 Å².